The number of rotatable bonds is 3. The highest BCUT2D eigenvalue weighted by molar-refractivity contribution is 7.89. The monoisotopic (exact) mass is 332 g/mol. The fourth-order valence-electron chi connectivity index (χ4n) is 2.42. The van der Waals surface area contributed by atoms with E-state index in [4.69, 9.17) is 4.74 Å². The first-order valence-corrected chi connectivity index (χ1v) is 8.99. The molecule has 2 heterocycles. The first kappa shape index (κ1) is 16.4. The number of carbonyl (C=O) groups excluding carboxylic acids is 1. The zero-order chi connectivity index (χ0) is 15.8. The quantitative estimate of drug-likeness (QED) is 0.903. The Labute approximate surface area is 129 Å². The van der Waals surface area contributed by atoms with Gasteiger partial charge in [-0.3, -0.25) is 4.79 Å². The van der Waals surface area contributed by atoms with E-state index in [-0.39, 0.29) is 23.0 Å². The first-order chi connectivity index (χ1) is 9.75. The summed E-state index contributed by atoms with van der Waals surface area (Å²) in [6, 6.07) is 1.46. The molecule has 0 aliphatic carbocycles. The second-order valence-corrected chi connectivity index (χ2v) is 8.35. The third-order valence-electron chi connectivity index (χ3n) is 3.33. The minimum Gasteiger partial charge on any atom is -0.373 e. The lowest BCUT2D eigenvalue weighted by molar-refractivity contribution is -0.0440. The van der Waals surface area contributed by atoms with E-state index in [1.54, 1.807) is 6.92 Å². The van der Waals surface area contributed by atoms with Crippen LogP contribution in [0.25, 0.3) is 0 Å². The topological polar surface area (TPSA) is 75.7 Å². The molecule has 0 spiro atoms. The average Bonchev–Trinajstić information content (AvgIpc) is 2.79. The lowest BCUT2D eigenvalue weighted by Gasteiger charge is -2.34. The summed E-state index contributed by atoms with van der Waals surface area (Å²) in [7, 11) is -2.07. The first-order valence-electron chi connectivity index (χ1n) is 6.73. The van der Waals surface area contributed by atoms with E-state index in [9.17, 15) is 13.2 Å². The van der Waals surface area contributed by atoms with Crippen LogP contribution in [-0.4, -0.2) is 51.0 Å². The van der Waals surface area contributed by atoms with Crippen molar-refractivity contribution in [2.75, 3.05) is 20.1 Å². The maximum absolute atomic E-state index is 12.8. The summed E-state index contributed by atoms with van der Waals surface area (Å²) in [5.74, 6) is -0.270. The molecule has 0 bridgehead atoms. The Balaban J connectivity index is 2.35. The molecule has 2 rings (SSSR count). The molecule has 6 nitrogen and oxygen atoms in total. The summed E-state index contributed by atoms with van der Waals surface area (Å²) in [5.41, 5.74) is 0. The average molecular weight is 332 g/mol. The van der Waals surface area contributed by atoms with Gasteiger partial charge in [0.1, 0.15) is 0 Å². The Kier molecular flexibility index (Phi) is 4.72. The predicted molar refractivity (Wildman–Crippen MR) is 81.2 cm³/mol. The van der Waals surface area contributed by atoms with Gasteiger partial charge in [0.15, 0.2) is 0 Å². The van der Waals surface area contributed by atoms with Crippen molar-refractivity contribution in [3.05, 3.63) is 15.8 Å². The van der Waals surface area contributed by atoms with Gasteiger partial charge in [-0.25, -0.2) is 8.42 Å². The number of nitrogens with zero attached hydrogens (tertiary/aromatic N) is 1. The Hall–Kier alpha value is -0.960. The van der Waals surface area contributed by atoms with E-state index in [1.807, 2.05) is 13.8 Å². The third-order valence-corrected chi connectivity index (χ3v) is 6.46. The van der Waals surface area contributed by atoms with Crippen LogP contribution in [0.2, 0.25) is 0 Å². The van der Waals surface area contributed by atoms with Crippen molar-refractivity contribution in [3.8, 4) is 0 Å². The molecule has 1 aliphatic rings. The predicted octanol–water partition coefficient (Wildman–Crippen LogP) is 1.21. The molecule has 8 heteroatoms. The molecule has 0 aromatic carbocycles. The van der Waals surface area contributed by atoms with Crippen molar-refractivity contribution < 1.29 is 17.9 Å². The SMILES string of the molecule is CNC(=O)c1cc(S(=O)(=O)N2C[C@@H](C)O[C@H](C)C2)c(C)s1. The third kappa shape index (κ3) is 3.28. The fraction of sp³-hybridized carbons (Fsp3) is 0.615. The molecule has 21 heavy (non-hydrogen) atoms. The highest BCUT2D eigenvalue weighted by Crippen LogP contribution is 2.29. The summed E-state index contributed by atoms with van der Waals surface area (Å²) in [6.07, 6.45) is -0.276. The van der Waals surface area contributed by atoms with Crippen molar-refractivity contribution >= 4 is 27.3 Å². The number of amides is 1. The van der Waals surface area contributed by atoms with Gasteiger partial charge in [0.05, 0.1) is 22.0 Å². The summed E-state index contributed by atoms with van der Waals surface area (Å²) in [4.78, 5) is 12.9. The van der Waals surface area contributed by atoms with Gasteiger partial charge in [0, 0.05) is 25.0 Å². The molecule has 1 amide bonds. The van der Waals surface area contributed by atoms with Gasteiger partial charge in [-0.15, -0.1) is 11.3 Å². The van der Waals surface area contributed by atoms with Crippen LogP contribution in [0.1, 0.15) is 28.4 Å². The molecule has 1 saturated heterocycles. The zero-order valence-electron chi connectivity index (χ0n) is 12.5. The Morgan fingerprint density at radius 1 is 1.38 bits per heavy atom. The largest absolute Gasteiger partial charge is 0.373 e. The smallest absolute Gasteiger partial charge is 0.261 e. The Morgan fingerprint density at radius 2 is 1.95 bits per heavy atom. The van der Waals surface area contributed by atoms with Crippen molar-refractivity contribution in [1.82, 2.24) is 9.62 Å². The molecule has 1 N–H and O–H groups in total. The summed E-state index contributed by atoms with van der Waals surface area (Å²) < 4.78 is 32.5. The van der Waals surface area contributed by atoms with Crippen LogP contribution < -0.4 is 5.32 Å². The molecular weight excluding hydrogens is 312 g/mol. The molecule has 1 fully saturated rings. The molecule has 0 radical (unpaired) electrons. The van der Waals surface area contributed by atoms with Gasteiger partial charge in [0.25, 0.3) is 5.91 Å². The van der Waals surface area contributed by atoms with Crippen LogP contribution in [0.3, 0.4) is 0 Å². The molecule has 1 aliphatic heterocycles. The van der Waals surface area contributed by atoms with E-state index in [2.05, 4.69) is 5.32 Å². The van der Waals surface area contributed by atoms with Crippen LogP contribution in [0.4, 0.5) is 0 Å². The van der Waals surface area contributed by atoms with Crippen molar-refractivity contribution in [2.24, 2.45) is 0 Å². The number of ether oxygens (including phenoxy) is 1. The van der Waals surface area contributed by atoms with Gasteiger partial charge >= 0.3 is 0 Å². The van der Waals surface area contributed by atoms with Crippen LogP contribution in [-0.2, 0) is 14.8 Å². The van der Waals surface area contributed by atoms with Gasteiger partial charge < -0.3 is 10.1 Å². The second kappa shape index (κ2) is 6.04. The highest BCUT2D eigenvalue weighted by Gasteiger charge is 2.34. The normalized spacial score (nSPS) is 24.0. The van der Waals surface area contributed by atoms with Crippen LogP contribution in [0.15, 0.2) is 11.0 Å². The van der Waals surface area contributed by atoms with Crippen LogP contribution in [0.5, 0.6) is 0 Å². The van der Waals surface area contributed by atoms with Gasteiger partial charge in [-0.2, -0.15) is 4.31 Å². The summed E-state index contributed by atoms with van der Waals surface area (Å²) in [5, 5.41) is 2.51. The molecule has 2 atom stereocenters. The van der Waals surface area contributed by atoms with Crippen LogP contribution in [0, 0.1) is 6.92 Å². The number of carbonyl (C=O) groups is 1. The van der Waals surface area contributed by atoms with Crippen molar-refractivity contribution in [2.45, 2.75) is 37.9 Å². The van der Waals surface area contributed by atoms with Crippen molar-refractivity contribution in [3.63, 3.8) is 0 Å². The van der Waals surface area contributed by atoms with E-state index >= 15 is 0 Å². The highest BCUT2D eigenvalue weighted by atomic mass is 32.2. The minimum absolute atomic E-state index is 0.138. The zero-order valence-corrected chi connectivity index (χ0v) is 14.2. The Morgan fingerprint density at radius 3 is 2.48 bits per heavy atom. The van der Waals surface area contributed by atoms with Crippen molar-refractivity contribution in [1.29, 1.82) is 0 Å². The second-order valence-electron chi connectivity index (χ2n) is 5.19. The number of morpholine rings is 1. The maximum Gasteiger partial charge on any atom is 0.261 e. The standard InChI is InChI=1S/C13H20N2O4S2/c1-8-6-15(7-9(2)19-8)21(17,18)12-5-11(13(16)14-4)20-10(12)3/h5,8-9H,6-7H2,1-4H3,(H,14,16)/t8-,9-/m1/s1. The van der Waals surface area contributed by atoms with E-state index in [1.165, 1.54) is 28.8 Å². The molecule has 1 aromatic heterocycles. The number of aryl methyl sites for hydroxylation is 1. The molecular formula is C13H20N2O4S2. The summed E-state index contributed by atoms with van der Waals surface area (Å²) in [6.45, 7) is 6.09. The van der Waals surface area contributed by atoms with E-state index < -0.39 is 10.0 Å². The fourth-order valence-corrected chi connectivity index (χ4v) is 5.52. The molecule has 0 unspecified atom stereocenters. The lowest BCUT2D eigenvalue weighted by Crippen LogP contribution is -2.48. The molecule has 0 saturated carbocycles. The number of thiophene rings is 1. The number of sulfonamides is 1. The maximum atomic E-state index is 12.8. The number of hydrogen-bond acceptors (Lipinski definition) is 5. The van der Waals surface area contributed by atoms with Crippen LogP contribution >= 0.6 is 11.3 Å². The summed E-state index contributed by atoms with van der Waals surface area (Å²) >= 11 is 1.19. The number of nitrogens with one attached hydrogen (secondary N) is 1. The van der Waals surface area contributed by atoms with Gasteiger partial charge in [0.2, 0.25) is 10.0 Å². The number of hydrogen-bond donors (Lipinski definition) is 1. The van der Waals surface area contributed by atoms with E-state index in [0.717, 1.165) is 0 Å². The van der Waals surface area contributed by atoms with Gasteiger partial charge in [-0.05, 0) is 26.8 Å². The van der Waals surface area contributed by atoms with E-state index in [0.29, 0.717) is 22.8 Å². The Bertz CT molecular complexity index is 629. The minimum atomic E-state index is -3.60. The molecule has 118 valence electrons. The lowest BCUT2D eigenvalue weighted by atomic mass is 10.3. The molecule has 1 aromatic rings. The van der Waals surface area contributed by atoms with Gasteiger partial charge in [-0.1, -0.05) is 0 Å².